The first-order chi connectivity index (χ1) is 28.2. The zero-order chi connectivity index (χ0) is 44.5. The van der Waals surface area contributed by atoms with Crippen molar-refractivity contribution in [3.63, 3.8) is 0 Å². The molecule has 0 radical (unpaired) electrons. The van der Waals surface area contributed by atoms with Gasteiger partial charge >= 0.3 is 11.8 Å². The number of thioether (sulfide) groups is 1. The number of methoxy groups -OCH3 is 1. The van der Waals surface area contributed by atoms with Crippen LogP contribution in [-0.4, -0.2) is 93.1 Å². The van der Waals surface area contributed by atoms with Crippen molar-refractivity contribution < 1.29 is 58.6 Å². The number of ketones is 2. The number of nitrogens with zero attached hydrogens (tertiary/aromatic N) is 1. The second kappa shape index (κ2) is 18.5. The molecule has 0 fully saturated rings. The van der Waals surface area contributed by atoms with E-state index in [0.29, 0.717) is 9.37 Å². The fourth-order valence-electron chi connectivity index (χ4n) is 7.67. The maximum Gasteiger partial charge on any atom is 0.312 e. The largest absolute Gasteiger partial charge is 0.507 e. The number of benzene rings is 2. The van der Waals surface area contributed by atoms with E-state index in [2.05, 4.69) is 21.2 Å². The number of aliphatic hydroxyl groups excluding tert-OH is 2. The normalized spacial score (nSPS) is 31.4. The molecule has 0 saturated carbocycles. The first kappa shape index (κ1) is 46.3. The summed E-state index contributed by atoms with van der Waals surface area (Å²) in [7, 11) is 1.43. The highest BCUT2D eigenvalue weighted by atomic mass is 79.9. The number of esters is 1. The quantitative estimate of drug-likeness (QED) is 0.159. The summed E-state index contributed by atoms with van der Waals surface area (Å²) in [6, 6.07) is 3.16. The van der Waals surface area contributed by atoms with Crippen molar-refractivity contribution in [2.45, 2.75) is 90.5 Å². The molecule has 2 aromatic rings. The smallest absolute Gasteiger partial charge is 0.312 e. The van der Waals surface area contributed by atoms with Crippen LogP contribution in [0.3, 0.4) is 0 Å². The number of allylic oxidation sites excluding steroid dienone is 4. The van der Waals surface area contributed by atoms with Crippen molar-refractivity contribution in [1.82, 2.24) is 5.32 Å². The van der Waals surface area contributed by atoms with Gasteiger partial charge in [-0.2, -0.15) is 0 Å². The highest BCUT2D eigenvalue weighted by Gasteiger charge is 2.51. The summed E-state index contributed by atoms with van der Waals surface area (Å²) < 4.78 is 24.3. The number of amides is 1. The van der Waals surface area contributed by atoms with Crippen LogP contribution in [0.5, 0.6) is 17.2 Å². The lowest BCUT2D eigenvalue weighted by molar-refractivity contribution is -0.160. The second-order valence-corrected chi connectivity index (χ2v) is 17.3. The maximum atomic E-state index is 14.6. The SMILES string of the molecule is CO[C@H]1/C=C/O[C@@]2(C)Oc3c(C)c(O)c4c(c3C2=O)/C(=N/c2c(O)cc(Br)cc2SC)C=C(NC(=O)/C(C)=C\C=C\[C@H](C)[C@H](O)[C@@H](C)[C@@H](O)[C@@H](C)[C@H](OC(C)=O)[C@@H]1C)C4=O. The van der Waals surface area contributed by atoms with Crippen LogP contribution in [0.25, 0.3) is 0 Å². The Kier molecular flexibility index (Phi) is 14.3. The van der Waals surface area contributed by atoms with Crippen LogP contribution in [0, 0.1) is 30.6 Å². The third-order valence-corrected chi connectivity index (χ3v) is 12.5. The van der Waals surface area contributed by atoms with Crippen LogP contribution in [0.15, 0.2) is 74.4 Å². The van der Waals surface area contributed by atoms with Crippen LogP contribution < -0.4 is 10.1 Å². The number of nitrogens with one attached hydrogen (secondary N) is 1. The lowest BCUT2D eigenvalue weighted by Crippen LogP contribution is -2.46. The Morgan fingerprint density at radius 3 is 2.30 bits per heavy atom. The van der Waals surface area contributed by atoms with Gasteiger partial charge in [0.2, 0.25) is 5.78 Å². The van der Waals surface area contributed by atoms with Gasteiger partial charge in [-0.3, -0.25) is 19.2 Å². The average molecular weight is 912 g/mol. The monoisotopic (exact) mass is 910 g/mol. The van der Waals surface area contributed by atoms with Gasteiger partial charge in [-0.25, -0.2) is 4.99 Å². The lowest BCUT2D eigenvalue weighted by Gasteiger charge is -2.38. The summed E-state index contributed by atoms with van der Waals surface area (Å²) in [5.41, 5.74) is -0.555. The van der Waals surface area contributed by atoms with Crippen molar-refractivity contribution in [1.29, 1.82) is 0 Å². The van der Waals surface area contributed by atoms with Crippen molar-refractivity contribution in [2.75, 3.05) is 13.4 Å². The number of fused-ring (bicyclic) bond motifs is 14. The molecule has 5 N–H and O–H groups in total. The van der Waals surface area contributed by atoms with Crippen LogP contribution in [0.4, 0.5) is 5.69 Å². The number of ether oxygens (including phenoxy) is 4. The molecule has 0 saturated heterocycles. The number of aliphatic hydroxyl groups is 2. The molecule has 0 aromatic heterocycles. The first-order valence-electron chi connectivity index (χ1n) is 19.3. The number of hydrogen-bond donors (Lipinski definition) is 5. The molecule has 5 bridgehead atoms. The summed E-state index contributed by atoms with van der Waals surface area (Å²) in [5.74, 6) is -8.19. The zero-order valence-corrected chi connectivity index (χ0v) is 37.4. The van der Waals surface area contributed by atoms with Gasteiger partial charge in [-0.15, -0.1) is 11.8 Å². The predicted molar refractivity (Wildman–Crippen MR) is 229 cm³/mol. The number of carbonyl (C=O) groups is 4. The summed E-state index contributed by atoms with van der Waals surface area (Å²) in [6.45, 7) is 12.5. The number of aliphatic imine (C=N–C) groups is 1. The number of rotatable bonds is 4. The van der Waals surface area contributed by atoms with Crippen LogP contribution in [0.1, 0.15) is 80.3 Å². The van der Waals surface area contributed by atoms with Crippen molar-refractivity contribution >= 4 is 62.5 Å². The number of halogens is 1. The molecule has 16 heteroatoms. The van der Waals surface area contributed by atoms with Gasteiger partial charge in [-0.05, 0) is 44.4 Å². The van der Waals surface area contributed by atoms with E-state index in [4.69, 9.17) is 23.9 Å². The number of carbonyl (C=O) groups excluding carboxylic acids is 4. The van der Waals surface area contributed by atoms with Crippen molar-refractivity contribution in [2.24, 2.45) is 28.7 Å². The Bertz CT molecular complexity index is 2250. The summed E-state index contributed by atoms with van der Waals surface area (Å²) in [5, 5.41) is 48.2. The molecule has 1 amide bonds. The summed E-state index contributed by atoms with van der Waals surface area (Å²) in [4.78, 5) is 60.2. The molecule has 4 aliphatic rings. The molecule has 6 rings (SSSR count). The van der Waals surface area contributed by atoms with E-state index in [9.17, 15) is 39.6 Å². The fourth-order valence-corrected chi connectivity index (χ4v) is 8.86. The molecule has 14 nitrogen and oxygen atoms in total. The number of Topliss-reactive ketones (excluding diaryl/α,β-unsaturated/α-hetero) is 2. The molecule has 2 aromatic carbocycles. The van der Waals surface area contributed by atoms with E-state index < -0.39 is 83.1 Å². The standard InChI is InChI=1S/C44H51BrN2O12S/c1-19-12-11-13-20(2)43(55)47-28-18-27(46-35-29(49)16-26(45)17-31(35)60-10)32-33(39(28)53)38(52)24(6)41-34(32)42(54)44(8,59-41)57-15-14-30(56-9)21(3)40(58-25(7)48)23(5)37(51)22(4)36(19)50/h11-19,21-23,30,36-37,40,49-52H,1-10H3,(H,47,55)/b12-11+,15-14+,20-13-,46-27+/t19-,21+,22+,23+,30-,36-,37+,40+,44-/m0/s1. The van der Waals surface area contributed by atoms with E-state index in [1.807, 2.05) is 0 Å². The number of phenols is 2. The molecule has 3 aliphatic heterocycles. The van der Waals surface area contributed by atoms with E-state index in [1.54, 1.807) is 52.2 Å². The van der Waals surface area contributed by atoms with E-state index in [1.165, 1.54) is 77.1 Å². The van der Waals surface area contributed by atoms with Crippen molar-refractivity contribution in [3.8, 4) is 17.2 Å². The van der Waals surface area contributed by atoms with E-state index in [0.717, 1.165) is 0 Å². The highest BCUT2D eigenvalue weighted by molar-refractivity contribution is 9.10. The van der Waals surface area contributed by atoms with Gasteiger partial charge in [0, 0.05) is 70.7 Å². The predicted octanol–water partition coefficient (Wildman–Crippen LogP) is 6.76. The van der Waals surface area contributed by atoms with Gasteiger partial charge in [0.1, 0.15) is 29.0 Å². The molecule has 60 heavy (non-hydrogen) atoms. The minimum atomic E-state index is -2.05. The Labute approximate surface area is 361 Å². The van der Waals surface area contributed by atoms with Crippen LogP contribution in [0.2, 0.25) is 0 Å². The topological polar surface area (TPSA) is 211 Å². The Hall–Kier alpha value is -4.74. The highest BCUT2D eigenvalue weighted by Crippen LogP contribution is 2.49. The minimum Gasteiger partial charge on any atom is -0.507 e. The molecular weight excluding hydrogens is 860 g/mol. The third kappa shape index (κ3) is 8.98. The van der Waals surface area contributed by atoms with Crippen LogP contribution in [-0.2, 0) is 23.8 Å². The van der Waals surface area contributed by atoms with E-state index >= 15 is 0 Å². The third-order valence-electron chi connectivity index (χ3n) is 11.3. The Morgan fingerprint density at radius 1 is 0.983 bits per heavy atom. The average Bonchev–Trinajstić information content (AvgIpc) is 3.46. The van der Waals surface area contributed by atoms with Gasteiger partial charge in [0.05, 0.1) is 47.1 Å². The summed E-state index contributed by atoms with van der Waals surface area (Å²) >= 11 is 4.66. The summed E-state index contributed by atoms with van der Waals surface area (Å²) in [6.07, 6.45) is 6.57. The molecule has 0 unspecified atom stereocenters. The zero-order valence-electron chi connectivity index (χ0n) is 35.0. The molecule has 0 spiro atoms. The molecule has 322 valence electrons. The Balaban J connectivity index is 1.73. The van der Waals surface area contributed by atoms with Crippen LogP contribution >= 0.6 is 27.7 Å². The van der Waals surface area contributed by atoms with Gasteiger partial charge < -0.3 is 44.7 Å². The van der Waals surface area contributed by atoms with Gasteiger partial charge in [0.25, 0.3) is 11.7 Å². The molecular formula is C44H51BrN2O12S. The lowest BCUT2D eigenvalue weighted by atomic mass is 9.78. The minimum absolute atomic E-state index is 0.0439. The maximum absolute atomic E-state index is 14.6. The number of hydrogen-bond acceptors (Lipinski definition) is 14. The molecule has 3 heterocycles. The number of phenolic OH excluding ortho intramolecular Hbond substituents is 2. The van der Waals surface area contributed by atoms with Crippen molar-refractivity contribution in [3.05, 3.63) is 86.8 Å². The second-order valence-electron chi connectivity index (χ2n) is 15.5. The Morgan fingerprint density at radius 2 is 1.67 bits per heavy atom. The van der Waals surface area contributed by atoms with Gasteiger partial charge in [0.15, 0.2) is 0 Å². The molecule has 9 atom stereocenters. The number of aromatic hydroxyl groups is 2. The first-order valence-corrected chi connectivity index (χ1v) is 21.3. The van der Waals surface area contributed by atoms with E-state index in [-0.39, 0.29) is 56.4 Å². The van der Waals surface area contributed by atoms with Gasteiger partial charge in [-0.1, -0.05) is 61.9 Å². The fraction of sp³-hybridized carbons (Fsp3) is 0.432. The molecule has 1 aliphatic carbocycles.